The van der Waals surface area contributed by atoms with Gasteiger partial charge in [0, 0.05) is 6.20 Å². The largest absolute Gasteiger partial charge is 0.444 e. The second-order valence-electron chi connectivity index (χ2n) is 3.97. The van der Waals surface area contributed by atoms with E-state index in [0.29, 0.717) is 13.0 Å². The molecule has 1 aliphatic rings. The molecule has 1 atom stereocenters. The van der Waals surface area contributed by atoms with E-state index < -0.39 is 12.2 Å². The first-order valence-corrected chi connectivity index (χ1v) is 5.58. The molecule has 0 saturated heterocycles. The third kappa shape index (κ3) is 3.32. The van der Waals surface area contributed by atoms with Crippen molar-refractivity contribution in [1.82, 2.24) is 4.90 Å². The number of aliphatic hydroxyl groups excluding tert-OH is 1. The first-order chi connectivity index (χ1) is 8.25. The Bertz CT molecular complexity index is 402. The van der Waals surface area contributed by atoms with E-state index in [4.69, 9.17) is 4.74 Å². The minimum absolute atomic E-state index is 0.250. The van der Waals surface area contributed by atoms with E-state index in [-0.39, 0.29) is 6.61 Å². The van der Waals surface area contributed by atoms with Crippen LogP contribution in [-0.2, 0) is 11.3 Å². The van der Waals surface area contributed by atoms with Gasteiger partial charge in [0.15, 0.2) is 0 Å². The smallest absolute Gasteiger partial charge is 0.414 e. The number of carbonyl (C=O) groups excluding carboxylic acids is 1. The van der Waals surface area contributed by atoms with Gasteiger partial charge in [-0.2, -0.15) is 0 Å². The Morgan fingerprint density at radius 3 is 2.88 bits per heavy atom. The molecule has 1 aliphatic heterocycles. The Balaban J connectivity index is 1.85. The zero-order chi connectivity index (χ0) is 12.1. The molecule has 0 aliphatic carbocycles. The van der Waals surface area contributed by atoms with Gasteiger partial charge in [-0.1, -0.05) is 36.4 Å². The Morgan fingerprint density at radius 2 is 2.18 bits per heavy atom. The van der Waals surface area contributed by atoms with Crippen molar-refractivity contribution in [2.45, 2.75) is 19.1 Å². The summed E-state index contributed by atoms with van der Waals surface area (Å²) in [5, 5.41) is 9.41. The summed E-state index contributed by atoms with van der Waals surface area (Å²) in [5.74, 6) is 0. The van der Waals surface area contributed by atoms with Gasteiger partial charge >= 0.3 is 6.09 Å². The van der Waals surface area contributed by atoms with Crippen molar-refractivity contribution in [3.8, 4) is 0 Å². The van der Waals surface area contributed by atoms with E-state index in [1.165, 1.54) is 4.90 Å². The van der Waals surface area contributed by atoms with Gasteiger partial charge in [-0.05, 0) is 12.0 Å². The van der Waals surface area contributed by atoms with Crippen LogP contribution in [0.4, 0.5) is 4.79 Å². The first kappa shape index (κ1) is 11.7. The highest BCUT2D eigenvalue weighted by Gasteiger charge is 2.19. The molecule has 0 fully saturated rings. The summed E-state index contributed by atoms with van der Waals surface area (Å²) in [6, 6.07) is 9.50. The maximum absolute atomic E-state index is 11.7. The van der Waals surface area contributed by atoms with Crippen molar-refractivity contribution >= 4 is 6.09 Å². The molecule has 1 aromatic rings. The molecule has 4 heteroatoms. The Kier molecular flexibility index (Phi) is 3.77. The number of amides is 1. The average Bonchev–Trinajstić information content (AvgIpc) is 2.37. The Hall–Kier alpha value is -1.81. The molecule has 0 aromatic heterocycles. The highest BCUT2D eigenvalue weighted by molar-refractivity contribution is 5.69. The number of β-amino-alcohol motifs (C(OH)–C–C–N with tert-alkyl or cyclic N) is 1. The number of hydrogen-bond acceptors (Lipinski definition) is 3. The van der Waals surface area contributed by atoms with Crippen LogP contribution < -0.4 is 0 Å². The molecule has 1 N–H and O–H groups in total. The van der Waals surface area contributed by atoms with E-state index in [1.807, 2.05) is 30.3 Å². The van der Waals surface area contributed by atoms with E-state index in [9.17, 15) is 9.90 Å². The van der Waals surface area contributed by atoms with E-state index >= 15 is 0 Å². The number of benzene rings is 1. The molecule has 2 rings (SSSR count). The van der Waals surface area contributed by atoms with Crippen LogP contribution in [0.1, 0.15) is 12.0 Å². The van der Waals surface area contributed by atoms with Gasteiger partial charge in [-0.25, -0.2) is 4.79 Å². The normalized spacial score (nSPS) is 19.1. The van der Waals surface area contributed by atoms with Gasteiger partial charge in [0.05, 0.1) is 12.6 Å². The average molecular weight is 233 g/mol. The van der Waals surface area contributed by atoms with Gasteiger partial charge in [0.25, 0.3) is 0 Å². The summed E-state index contributed by atoms with van der Waals surface area (Å²) in [6.07, 6.45) is 3.08. The van der Waals surface area contributed by atoms with Crippen LogP contribution in [0.5, 0.6) is 0 Å². The van der Waals surface area contributed by atoms with Crippen LogP contribution >= 0.6 is 0 Å². The highest BCUT2D eigenvalue weighted by atomic mass is 16.6. The van der Waals surface area contributed by atoms with Gasteiger partial charge in [-0.15, -0.1) is 0 Å². The standard InChI is InChI=1S/C13H15NO3/c15-12-7-4-8-14(9-12)13(16)17-10-11-5-2-1-3-6-11/h1-6,8,12,15H,7,9-10H2/t12-/m0/s1. The first-order valence-electron chi connectivity index (χ1n) is 5.58. The Labute approximate surface area is 100 Å². The van der Waals surface area contributed by atoms with Crippen LogP contribution in [0.15, 0.2) is 42.6 Å². The molecule has 0 saturated carbocycles. The summed E-state index contributed by atoms with van der Waals surface area (Å²) in [6.45, 7) is 0.546. The predicted molar refractivity (Wildman–Crippen MR) is 63.1 cm³/mol. The number of rotatable bonds is 2. The summed E-state index contributed by atoms with van der Waals surface area (Å²) in [4.78, 5) is 13.0. The molecule has 1 aromatic carbocycles. The fourth-order valence-electron chi connectivity index (χ4n) is 1.65. The second-order valence-corrected chi connectivity index (χ2v) is 3.97. The molecule has 1 heterocycles. The fraction of sp³-hybridized carbons (Fsp3) is 0.308. The molecule has 0 unspecified atom stereocenters. The van der Waals surface area contributed by atoms with Gasteiger partial charge in [-0.3, -0.25) is 4.90 Å². The quantitative estimate of drug-likeness (QED) is 0.848. The molecule has 0 spiro atoms. The topological polar surface area (TPSA) is 49.8 Å². The molecule has 90 valence electrons. The molecule has 1 amide bonds. The van der Waals surface area contributed by atoms with Crippen molar-refractivity contribution < 1.29 is 14.6 Å². The predicted octanol–water partition coefficient (Wildman–Crippen LogP) is 1.90. The minimum Gasteiger partial charge on any atom is -0.444 e. The third-order valence-electron chi connectivity index (χ3n) is 2.54. The zero-order valence-corrected chi connectivity index (χ0v) is 9.45. The fourth-order valence-corrected chi connectivity index (χ4v) is 1.65. The summed E-state index contributed by atoms with van der Waals surface area (Å²) < 4.78 is 5.14. The van der Waals surface area contributed by atoms with E-state index in [1.54, 1.807) is 12.3 Å². The lowest BCUT2D eigenvalue weighted by molar-refractivity contribution is 0.0815. The van der Waals surface area contributed by atoms with Crippen molar-refractivity contribution in [1.29, 1.82) is 0 Å². The van der Waals surface area contributed by atoms with Crippen molar-refractivity contribution in [3.63, 3.8) is 0 Å². The lowest BCUT2D eigenvalue weighted by Crippen LogP contribution is -2.36. The van der Waals surface area contributed by atoms with E-state index in [0.717, 1.165) is 5.56 Å². The molecule has 4 nitrogen and oxygen atoms in total. The molecule has 0 bridgehead atoms. The number of nitrogens with zero attached hydrogens (tertiary/aromatic N) is 1. The highest BCUT2D eigenvalue weighted by Crippen LogP contribution is 2.09. The van der Waals surface area contributed by atoms with Crippen LogP contribution in [0.2, 0.25) is 0 Å². The maximum atomic E-state index is 11.7. The molecule has 17 heavy (non-hydrogen) atoms. The van der Waals surface area contributed by atoms with Gasteiger partial charge in [0.1, 0.15) is 6.61 Å². The summed E-state index contributed by atoms with van der Waals surface area (Å²) in [5.41, 5.74) is 0.947. The van der Waals surface area contributed by atoms with Gasteiger partial charge < -0.3 is 9.84 Å². The lowest BCUT2D eigenvalue weighted by Gasteiger charge is -2.24. The van der Waals surface area contributed by atoms with Crippen LogP contribution in [0.3, 0.4) is 0 Å². The van der Waals surface area contributed by atoms with E-state index in [2.05, 4.69) is 0 Å². The maximum Gasteiger partial charge on any atom is 0.414 e. The lowest BCUT2D eigenvalue weighted by atomic mass is 10.2. The van der Waals surface area contributed by atoms with Crippen molar-refractivity contribution in [2.75, 3.05) is 6.54 Å². The molecular weight excluding hydrogens is 218 g/mol. The third-order valence-corrected chi connectivity index (χ3v) is 2.54. The van der Waals surface area contributed by atoms with Crippen LogP contribution in [-0.4, -0.2) is 28.7 Å². The zero-order valence-electron chi connectivity index (χ0n) is 9.45. The second kappa shape index (κ2) is 5.50. The van der Waals surface area contributed by atoms with Crippen LogP contribution in [0, 0.1) is 0 Å². The SMILES string of the molecule is O=C(OCc1ccccc1)N1C=CC[C@H](O)C1. The molecular formula is C13H15NO3. The van der Waals surface area contributed by atoms with Crippen molar-refractivity contribution in [3.05, 3.63) is 48.2 Å². The summed E-state index contributed by atoms with van der Waals surface area (Å²) in [7, 11) is 0. The summed E-state index contributed by atoms with van der Waals surface area (Å²) >= 11 is 0. The Morgan fingerprint density at radius 1 is 1.41 bits per heavy atom. The van der Waals surface area contributed by atoms with Crippen molar-refractivity contribution in [2.24, 2.45) is 0 Å². The molecule has 0 radical (unpaired) electrons. The monoisotopic (exact) mass is 233 g/mol. The van der Waals surface area contributed by atoms with Gasteiger partial charge in [0.2, 0.25) is 0 Å². The van der Waals surface area contributed by atoms with Crippen LogP contribution in [0.25, 0.3) is 0 Å². The number of aliphatic hydroxyl groups is 1. The minimum atomic E-state index is -0.496. The number of hydrogen-bond donors (Lipinski definition) is 1. The number of carbonyl (C=O) groups is 1. The number of ether oxygens (including phenoxy) is 1.